The number of amides is 1. The van der Waals surface area contributed by atoms with Crippen molar-refractivity contribution in [3.63, 3.8) is 0 Å². The minimum atomic E-state index is -0.0425. The molecule has 5 heteroatoms. The zero-order chi connectivity index (χ0) is 15.4. The zero-order valence-corrected chi connectivity index (χ0v) is 12.2. The molecule has 2 aromatic rings. The minimum Gasteiger partial charge on any atom is -0.486 e. The molecule has 1 heterocycles. The van der Waals surface area contributed by atoms with E-state index in [2.05, 4.69) is 5.32 Å². The Labute approximate surface area is 129 Å². The van der Waals surface area contributed by atoms with Crippen LogP contribution in [0.2, 0.25) is 0 Å². The van der Waals surface area contributed by atoms with Gasteiger partial charge in [0.05, 0.1) is 0 Å². The van der Waals surface area contributed by atoms with Gasteiger partial charge in [0.25, 0.3) is 0 Å². The van der Waals surface area contributed by atoms with Crippen molar-refractivity contribution in [2.75, 3.05) is 24.3 Å². The number of nitrogen functional groups attached to an aromatic ring is 1. The van der Waals surface area contributed by atoms with Gasteiger partial charge in [-0.15, -0.1) is 0 Å². The molecule has 1 amide bonds. The van der Waals surface area contributed by atoms with Gasteiger partial charge >= 0.3 is 0 Å². The number of hydrogen-bond acceptors (Lipinski definition) is 4. The van der Waals surface area contributed by atoms with Crippen molar-refractivity contribution < 1.29 is 14.3 Å². The number of aryl methyl sites for hydroxylation is 1. The number of benzene rings is 2. The third-order valence-corrected chi connectivity index (χ3v) is 3.42. The van der Waals surface area contributed by atoms with Crippen molar-refractivity contribution >= 4 is 17.3 Å². The van der Waals surface area contributed by atoms with Gasteiger partial charge in [0.15, 0.2) is 11.5 Å². The van der Waals surface area contributed by atoms with Crippen molar-refractivity contribution in [2.24, 2.45) is 0 Å². The fraction of sp³-hybridized carbons (Fsp3) is 0.235. The second-order valence-corrected chi connectivity index (χ2v) is 5.15. The van der Waals surface area contributed by atoms with Gasteiger partial charge in [0.1, 0.15) is 13.2 Å². The number of carbonyl (C=O) groups is 1. The van der Waals surface area contributed by atoms with Crippen LogP contribution in [-0.4, -0.2) is 19.1 Å². The molecule has 0 bridgehead atoms. The van der Waals surface area contributed by atoms with Crippen LogP contribution in [0.4, 0.5) is 11.4 Å². The molecule has 3 rings (SSSR count). The highest BCUT2D eigenvalue weighted by molar-refractivity contribution is 5.91. The predicted octanol–water partition coefficient (Wildman–Crippen LogP) is 2.61. The van der Waals surface area contributed by atoms with Crippen LogP contribution >= 0.6 is 0 Å². The normalized spacial score (nSPS) is 12.7. The van der Waals surface area contributed by atoms with Gasteiger partial charge in [0.2, 0.25) is 5.91 Å². The van der Waals surface area contributed by atoms with Crippen LogP contribution in [0.5, 0.6) is 11.5 Å². The summed E-state index contributed by atoms with van der Waals surface area (Å²) in [6, 6.07) is 13.0. The summed E-state index contributed by atoms with van der Waals surface area (Å²) in [5.74, 6) is 1.34. The number of anilines is 2. The lowest BCUT2D eigenvalue weighted by molar-refractivity contribution is -0.116. The van der Waals surface area contributed by atoms with E-state index in [1.807, 2.05) is 36.4 Å². The van der Waals surface area contributed by atoms with Crippen LogP contribution < -0.4 is 20.5 Å². The van der Waals surface area contributed by atoms with E-state index in [-0.39, 0.29) is 5.91 Å². The smallest absolute Gasteiger partial charge is 0.224 e. The van der Waals surface area contributed by atoms with Crippen molar-refractivity contribution in [1.29, 1.82) is 0 Å². The summed E-state index contributed by atoms with van der Waals surface area (Å²) in [5.41, 5.74) is 8.20. The van der Waals surface area contributed by atoms with Gasteiger partial charge in [-0.3, -0.25) is 4.79 Å². The Bertz CT molecular complexity index is 685. The Morgan fingerprint density at radius 1 is 1.09 bits per heavy atom. The maximum Gasteiger partial charge on any atom is 0.224 e. The van der Waals surface area contributed by atoms with E-state index in [9.17, 15) is 4.79 Å². The van der Waals surface area contributed by atoms with Crippen LogP contribution in [0.15, 0.2) is 42.5 Å². The first-order valence-corrected chi connectivity index (χ1v) is 7.24. The molecule has 114 valence electrons. The molecule has 22 heavy (non-hydrogen) atoms. The quantitative estimate of drug-likeness (QED) is 0.851. The first kappa shape index (κ1) is 14.3. The molecule has 1 aliphatic heterocycles. The third kappa shape index (κ3) is 3.49. The van der Waals surface area contributed by atoms with Gasteiger partial charge in [0, 0.05) is 23.9 Å². The zero-order valence-electron chi connectivity index (χ0n) is 12.2. The Morgan fingerprint density at radius 3 is 2.73 bits per heavy atom. The molecule has 0 radical (unpaired) electrons. The Hall–Kier alpha value is -2.69. The van der Waals surface area contributed by atoms with E-state index in [1.165, 1.54) is 0 Å². The van der Waals surface area contributed by atoms with Gasteiger partial charge in [-0.05, 0) is 36.2 Å². The second-order valence-electron chi connectivity index (χ2n) is 5.15. The lowest BCUT2D eigenvalue weighted by atomic mass is 10.1. The molecule has 0 saturated carbocycles. The molecule has 0 aliphatic carbocycles. The molecule has 0 unspecified atom stereocenters. The number of carbonyl (C=O) groups excluding carboxylic acids is 1. The largest absolute Gasteiger partial charge is 0.486 e. The first-order chi connectivity index (χ1) is 10.7. The number of ether oxygens (including phenoxy) is 2. The van der Waals surface area contributed by atoms with Crippen LogP contribution in [0.25, 0.3) is 0 Å². The average molecular weight is 298 g/mol. The summed E-state index contributed by atoms with van der Waals surface area (Å²) in [5, 5.41) is 2.87. The van der Waals surface area contributed by atoms with Gasteiger partial charge in [-0.1, -0.05) is 12.1 Å². The van der Waals surface area contributed by atoms with Gasteiger partial charge in [-0.25, -0.2) is 0 Å². The van der Waals surface area contributed by atoms with Crippen molar-refractivity contribution in [2.45, 2.75) is 12.8 Å². The maximum atomic E-state index is 12.0. The third-order valence-electron chi connectivity index (χ3n) is 3.42. The van der Waals surface area contributed by atoms with Crippen LogP contribution in [0.3, 0.4) is 0 Å². The molecule has 0 aromatic heterocycles. The second kappa shape index (κ2) is 6.39. The molecular formula is C17H18N2O3. The first-order valence-electron chi connectivity index (χ1n) is 7.24. The molecule has 0 saturated heterocycles. The molecule has 2 aromatic carbocycles. The maximum absolute atomic E-state index is 12.0. The Kier molecular flexibility index (Phi) is 4.14. The van der Waals surface area contributed by atoms with E-state index in [0.717, 1.165) is 5.56 Å². The summed E-state index contributed by atoms with van der Waals surface area (Å²) in [6.07, 6.45) is 1.05. The highest BCUT2D eigenvalue weighted by Crippen LogP contribution is 2.32. The number of nitrogens with two attached hydrogens (primary N) is 1. The van der Waals surface area contributed by atoms with E-state index in [4.69, 9.17) is 15.2 Å². The number of fused-ring (bicyclic) bond motifs is 1. The molecule has 0 fully saturated rings. The fourth-order valence-electron chi connectivity index (χ4n) is 2.35. The van der Waals surface area contributed by atoms with E-state index in [0.29, 0.717) is 48.9 Å². The van der Waals surface area contributed by atoms with Crippen molar-refractivity contribution in [3.05, 3.63) is 48.0 Å². The summed E-state index contributed by atoms with van der Waals surface area (Å²) < 4.78 is 10.9. The molecule has 0 atom stereocenters. The monoisotopic (exact) mass is 298 g/mol. The Morgan fingerprint density at radius 2 is 1.91 bits per heavy atom. The van der Waals surface area contributed by atoms with Gasteiger partial charge in [-0.2, -0.15) is 0 Å². The lowest BCUT2D eigenvalue weighted by Gasteiger charge is -2.19. The van der Waals surface area contributed by atoms with Crippen LogP contribution in [0, 0.1) is 0 Å². The molecule has 5 nitrogen and oxygen atoms in total. The molecule has 1 aliphatic rings. The van der Waals surface area contributed by atoms with Crippen molar-refractivity contribution in [3.8, 4) is 11.5 Å². The molecular weight excluding hydrogens is 280 g/mol. The van der Waals surface area contributed by atoms with Gasteiger partial charge < -0.3 is 20.5 Å². The number of rotatable bonds is 4. The summed E-state index contributed by atoms with van der Waals surface area (Å²) in [6.45, 7) is 1.08. The summed E-state index contributed by atoms with van der Waals surface area (Å²) >= 11 is 0. The molecule has 0 spiro atoms. The standard InChI is InChI=1S/C17H18N2O3/c18-13-3-1-2-12(10-13)4-7-17(20)19-14-5-6-15-16(11-14)22-9-8-21-15/h1-3,5-6,10-11H,4,7-9,18H2,(H,19,20). The van der Waals surface area contributed by atoms with E-state index < -0.39 is 0 Å². The highest BCUT2D eigenvalue weighted by Gasteiger charge is 2.12. The van der Waals surface area contributed by atoms with E-state index >= 15 is 0 Å². The summed E-state index contributed by atoms with van der Waals surface area (Å²) in [7, 11) is 0. The Balaban J connectivity index is 1.57. The highest BCUT2D eigenvalue weighted by atomic mass is 16.6. The predicted molar refractivity (Wildman–Crippen MR) is 85.2 cm³/mol. The fourth-order valence-corrected chi connectivity index (χ4v) is 2.35. The SMILES string of the molecule is Nc1cccc(CCC(=O)Nc2ccc3c(c2)OCCO3)c1. The number of hydrogen-bond donors (Lipinski definition) is 2. The number of nitrogens with one attached hydrogen (secondary N) is 1. The van der Waals surface area contributed by atoms with Crippen LogP contribution in [-0.2, 0) is 11.2 Å². The average Bonchev–Trinajstić information content (AvgIpc) is 2.53. The summed E-state index contributed by atoms with van der Waals surface area (Å²) in [4.78, 5) is 12.0. The van der Waals surface area contributed by atoms with E-state index in [1.54, 1.807) is 6.07 Å². The minimum absolute atomic E-state index is 0.0425. The van der Waals surface area contributed by atoms with Crippen molar-refractivity contribution in [1.82, 2.24) is 0 Å². The topological polar surface area (TPSA) is 73.6 Å². The molecule has 3 N–H and O–H groups in total. The lowest BCUT2D eigenvalue weighted by Crippen LogP contribution is -2.16. The van der Waals surface area contributed by atoms with Crippen LogP contribution in [0.1, 0.15) is 12.0 Å².